The molecule has 0 aliphatic carbocycles. The number of anilines is 1. The van der Waals surface area contributed by atoms with Crippen LogP contribution in [0.2, 0.25) is 0 Å². The van der Waals surface area contributed by atoms with Crippen LogP contribution >= 0.6 is 0 Å². The first-order chi connectivity index (χ1) is 14.5. The van der Waals surface area contributed by atoms with Crippen LogP contribution in [0, 0.1) is 0 Å². The second-order valence-electron chi connectivity index (χ2n) is 7.48. The Hall–Kier alpha value is -3.61. The molecule has 154 valence electrons. The van der Waals surface area contributed by atoms with E-state index in [1.165, 1.54) is 10.9 Å². The standard InChI is InChI=1S/C23H25N5O2/c1-27(2)22-23(30)28(20-10-6-5-9-19(20)26-22)14-12-21(29)24-13-11-16-15-25-18-8-4-3-7-17(16)18/h3-10,15,25H,11-14H2,1-2H3,(H,24,29). The van der Waals surface area contributed by atoms with Gasteiger partial charge in [-0.15, -0.1) is 0 Å². The summed E-state index contributed by atoms with van der Waals surface area (Å²) in [4.78, 5) is 34.7. The van der Waals surface area contributed by atoms with Crippen molar-refractivity contribution >= 4 is 33.7 Å². The summed E-state index contributed by atoms with van der Waals surface area (Å²) in [6.45, 7) is 0.858. The molecule has 0 unspecified atom stereocenters. The Labute approximate surface area is 174 Å². The van der Waals surface area contributed by atoms with E-state index in [1.807, 2.05) is 48.7 Å². The molecule has 0 spiro atoms. The van der Waals surface area contributed by atoms with E-state index in [4.69, 9.17) is 0 Å². The van der Waals surface area contributed by atoms with Crippen LogP contribution in [0.4, 0.5) is 5.82 Å². The van der Waals surface area contributed by atoms with Crippen LogP contribution in [0.1, 0.15) is 12.0 Å². The van der Waals surface area contributed by atoms with Crippen molar-refractivity contribution in [1.82, 2.24) is 19.9 Å². The molecule has 4 rings (SSSR count). The number of amides is 1. The molecule has 0 atom stereocenters. The van der Waals surface area contributed by atoms with Crippen LogP contribution in [0.5, 0.6) is 0 Å². The number of carbonyl (C=O) groups is 1. The largest absolute Gasteiger partial charge is 0.361 e. The predicted molar refractivity (Wildman–Crippen MR) is 120 cm³/mol. The summed E-state index contributed by atoms with van der Waals surface area (Å²) in [5.41, 5.74) is 3.56. The third kappa shape index (κ3) is 3.91. The summed E-state index contributed by atoms with van der Waals surface area (Å²) in [7, 11) is 3.58. The van der Waals surface area contributed by atoms with Crippen LogP contribution in [-0.2, 0) is 17.8 Å². The van der Waals surface area contributed by atoms with Crippen molar-refractivity contribution in [2.75, 3.05) is 25.5 Å². The Morgan fingerprint density at radius 2 is 1.90 bits per heavy atom. The molecule has 0 saturated heterocycles. The Morgan fingerprint density at radius 3 is 2.73 bits per heavy atom. The number of aryl methyl sites for hydroxylation is 1. The Balaban J connectivity index is 1.42. The molecule has 7 heteroatoms. The molecule has 2 aromatic heterocycles. The normalized spacial score (nSPS) is 11.1. The van der Waals surface area contributed by atoms with Crippen molar-refractivity contribution in [3.05, 3.63) is 70.6 Å². The average molecular weight is 403 g/mol. The number of aromatic amines is 1. The van der Waals surface area contributed by atoms with E-state index in [1.54, 1.807) is 23.6 Å². The zero-order valence-corrected chi connectivity index (χ0v) is 17.2. The summed E-state index contributed by atoms with van der Waals surface area (Å²) in [6, 6.07) is 15.6. The molecule has 1 amide bonds. The molecule has 7 nitrogen and oxygen atoms in total. The van der Waals surface area contributed by atoms with Gasteiger partial charge < -0.3 is 19.8 Å². The quantitative estimate of drug-likeness (QED) is 0.497. The van der Waals surface area contributed by atoms with E-state index < -0.39 is 0 Å². The minimum absolute atomic E-state index is 0.0750. The second-order valence-corrected chi connectivity index (χ2v) is 7.48. The molecule has 2 aromatic carbocycles. The third-order valence-corrected chi connectivity index (χ3v) is 5.21. The molecule has 0 radical (unpaired) electrons. The number of benzene rings is 2. The van der Waals surface area contributed by atoms with Crippen molar-refractivity contribution in [1.29, 1.82) is 0 Å². The molecule has 2 heterocycles. The molecule has 0 fully saturated rings. The van der Waals surface area contributed by atoms with Gasteiger partial charge in [-0.1, -0.05) is 30.3 Å². The summed E-state index contributed by atoms with van der Waals surface area (Å²) < 4.78 is 1.64. The van der Waals surface area contributed by atoms with Crippen molar-refractivity contribution < 1.29 is 4.79 Å². The first-order valence-corrected chi connectivity index (χ1v) is 10.0. The first kappa shape index (κ1) is 19.7. The van der Waals surface area contributed by atoms with Gasteiger partial charge in [0.1, 0.15) is 0 Å². The van der Waals surface area contributed by atoms with Crippen molar-refractivity contribution in [3.8, 4) is 0 Å². The minimum atomic E-state index is -0.190. The number of H-pyrrole nitrogens is 1. The maximum Gasteiger partial charge on any atom is 0.293 e. The lowest BCUT2D eigenvalue weighted by Crippen LogP contribution is -2.32. The highest BCUT2D eigenvalue weighted by Gasteiger charge is 2.13. The number of carbonyl (C=O) groups excluding carboxylic acids is 1. The molecule has 0 saturated carbocycles. The number of fused-ring (bicyclic) bond motifs is 2. The van der Waals surface area contributed by atoms with Gasteiger partial charge in [-0.3, -0.25) is 9.59 Å². The van der Waals surface area contributed by atoms with Gasteiger partial charge in [0.25, 0.3) is 5.56 Å². The van der Waals surface area contributed by atoms with Crippen molar-refractivity contribution in [2.45, 2.75) is 19.4 Å². The maximum atomic E-state index is 12.9. The molecule has 4 aromatic rings. The highest BCUT2D eigenvalue weighted by molar-refractivity contribution is 5.83. The summed E-state index contributed by atoms with van der Waals surface area (Å²) in [5.74, 6) is 0.294. The third-order valence-electron chi connectivity index (χ3n) is 5.21. The fourth-order valence-corrected chi connectivity index (χ4v) is 3.67. The average Bonchev–Trinajstić information content (AvgIpc) is 3.16. The number of para-hydroxylation sites is 3. The van der Waals surface area contributed by atoms with Crippen molar-refractivity contribution in [2.24, 2.45) is 0 Å². The minimum Gasteiger partial charge on any atom is -0.361 e. The monoisotopic (exact) mass is 403 g/mol. The van der Waals surface area contributed by atoms with E-state index in [2.05, 4.69) is 21.4 Å². The smallest absolute Gasteiger partial charge is 0.293 e. The van der Waals surface area contributed by atoms with Crippen LogP contribution < -0.4 is 15.8 Å². The lowest BCUT2D eigenvalue weighted by atomic mass is 10.1. The number of hydrogen-bond donors (Lipinski definition) is 2. The van der Waals surface area contributed by atoms with Gasteiger partial charge in [0.15, 0.2) is 5.82 Å². The SMILES string of the molecule is CN(C)c1nc2ccccc2n(CCC(=O)NCCc2c[nH]c3ccccc23)c1=O. The van der Waals surface area contributed by atoms with E-state index >= 15 is 0 Å². The highest BCUT2D eigenvalue weighted by Crippen LogP contribution is 2.17. The van der Waals surface area contributed by atoms with Gasteiger partial charge in [0.05, 0.1) is 11.0 Å². The predicted octanol–water partition coefficient (Wildman–Crippen LogP) is 2.69. The summed E-state index contributed by atoms with van der Waals surface area (Å²) >= 11 is 0. The Kier molecular flexibility index (Phi) is 5.52. The number of aromatic nitrogens is 3. The number of nitrogens with zero attached hydrogens (tertiary/aromatic N) is 3. The molecular weight excluding hydrogens is 378 g/mol. The molecule has 0 aliphatic rings. The zero-order chi connectivity index (χ0) is 21.1. The maximum absolute atomic E-state index is 12.9. The molecular formula is C23H25N5O2. The lowest BCUT2D eigenvalue weighted by Gasteiger charge is -2.16. The van der Waals surface area contributed by atoms with E-state index in [0.717, 1.165) is 23.0 Å². The molecule has 30 heavy (non-hydrogen) atoms. The Bertz CT molecular complexity index is 1260. The zero-order valence-electron chi connectivity index (χ0n) is 17.2. The van der Waals surface area contributed by atoms with E-state index in [9.17, 15) is 9.59 Å². The number of rotatable bonds is 7. The molecule has 0 bridgehead atoms. The van der Waals surface area contributed by atoms with Gasteiger partial charge in [0, 0.05) is 50.7 Å². The van der Waals surface area contributed by atoms with Gasteiger partial charge in [0.2, 0.25) is 5.91 Å². The van der Waals surface area contributed by atoms with Crippen molar-refractivity contribution in [3.63, 3.8) is 0 Å². The summed E-state index contributed by atoms with van der Waals surface area (Å²) in [5, 5.41) is 4.15. The highest BCUT2D eigenvalue weighted by atomic mass is 16.2. The van der Waals surface area contributed by atoms with E-state index in [0.29, 0.717) is 18.9 Å². The fraction of sp³-hybridized carbons (Fsp3) is 0.261. The lowest BCUT2D eigenvalue weighted by molar-refractivity contribution is -0.121. The van der Waals surface area contributed by atoms with Crippen LogP contribution in [0.25, 0.3) is 21.9 Å². The van der Waals surface area contributed by atoms with Gasteiger partial charge >= 0.3 is 0 Å². The number of nitrogens with one attached hydrogen (secondary N) is 2. The topological polar surface area (TPSA) is 83.0 Å². The van der Waals surface area contributed by atoms with Crippen LogP contribution in [0.15, 0.2) is 59.5 Å². The second kappa shape index (κ2) is 8.41. The molecule has 2 N–H and O–H groups in total. The van der Waals surface area contributed by atoms with E-state index in [-0.39, 0.29) is 17.9 Å². The van der Waals surface area contributed by atoms with Crippen LogP contribution in [-0.4, -0.2) is 41.1 Å². The fourth-order valence-electron chi connectivity index (χ4n) is 3.67. The Morgan fingerprint density at radius 1 is 1.13 bits per heavy atom. The van der Waals surface area contributed by atoms with Crippen LogP contribution in [0.3, 0.4) is 0 Å². The number of hydrogen-bond acceptors (Lipinski definition) is 4. The van der Waals surface area contributed by atoms with Gasteiger partial charge in [-0.2, -0.15) is 0 Å². The molecule has 0 aliphatic heterocycles. The first-order valence-electron chi connectivity index (χ1n) is 10.0. The van der Waals surface area contributed by atoms with Gasteiger partial charge in [-0.05, 0) is 30.2 Å². The summed E-state index contributed by atoms with van der Waals surface area (Å²) in [6.07, 6.45) is 2.97. The van der Waals surface area contributed by atoms with Gasteiger partial charge in [-0.25, -0.2) is 4.98 Å².